The Kier molecular flexibility index (Phi) is 3.97. The molecular formula is C15H19NS. The van der Waals surface area contributed by atoms with E-state index >= 15 is 0 Å². The van der Waals surface area contributed by atoms with Crippen molar-refractivity contribution in [1.29, 1.82) is 0 Å². The third kappa shape index (κ3) is 3.18. The summed E-state index contributed by atoms with van der Waals surface area (Å²) < 4.78 is 0. The summed E-state index contributed by atoms with van der Waals surface area (Å²) >= 11 is 1.72. The average Bonchev–Trinajstić information content (AvgIpc) is 2.82. The average molecular weight is 245 g/mol. The molecule has 2 rings (SSSR count). The minimum Gasteiger partial charge on any atom is -0.320 e. The molecule has 0 saturated carbocycles. The fourth-order valence-corrected chi connectivity index (χ4v) is 2.72. The Morgan fingerprint density at radius 1 is 1.12 bits per heavy atom. The van der Waals surface area contributed by atoms with Crippen molar-refractivity contribution in [3.05, 3.63) is 57.8 Å². The molecule has 1 aromatic carbocycles. The van der Waals surface area contributed by atoms with Gasteiger partial charge in [0.2, 0.25) is 0 Å². The van der Waals surface area contributed by atoms with E-state index in [0.29, 0.717) is 5.92 Å². The molecule has 0 unspecified atom stereocenters. The fraction of sp³-hybridized carbons (Fsp3) is 0.333. The van der Waals surface area contributed by atoms with E-state index in [0.717, 1.165) is 6.42 Å². The van der Waals surface area contributed by atoms with Crippen LogP contribution in [-0.2, 0) is 6.42 Å². The van der Waals surface area contributed by atoms with Crippen LogP contribution in [0.1, 0.15) is 35.9 Å². The highest BCUT2D eigenvalue weighted by molar-refractivity contribution is 7.10. The van der Waals surface area contributed by atoms with Crippen LogP contribution in [0, 0.1) is 5.92 Å². The molecule has 17 heavy (non-hydrogen) atoms. The molecule has 0 spiro atoms. The van der Waals surface area contributed by atoms with Crippen LogP contribution in [0.15, 0.2) is 41.8 Å². The lowest BCUT2D eigenvalue weighted by Crippen LogP contribution is -2.10. The highest BCUT2D eigenvalue weighted by atomic mass is 32.1. The second-order valence-corrected chi connectivity index (χ2v) is 5.81. The van der Waals surface area contributed by atoms with Crippen LogP contribution in [0.5, 0.6) is 0 Å². The minimum absolute atomic E-state index is 0.0168. The van der Waals surface area contributed by atoms with E-state index in [1.165, 1.54) is 16.0 Å². The molecule has 90 valence electrons. The number of benzene rings is 1. The first-order valence-corrected chi connectivity index (χ1v) is 6.92. The summed E-state index contributed by atoms with van der Waals surface area (Å²) in [4.78, 5) is 1.22. The van der Waals surface area contributed by atoms with Gasteiger partial charge in [0.1, 0.15) is 0 Å². The van der Waals surface area contributed by atoms with Crippen molar-refractivity contribution in [2.75, 3.05) is 0 Å². The SMILES string of the molecule is CC(C)Cc1ccc([C@@H](N)c2cccs2)cc1. The lowest BCUT2D eigenvalue weighted by molar-refractivity contribution is 0.647. The highest BCUT2D eigenvalue weighted by Gasteiger charge is 2.09. The van der Waals surface area contributed by atoms with Gasteiger partial charge in [0.15, 0.2) is 0 Å². The van der Waals surface area contributed by atoms with Crippen molar-refractivity contribution in [2.45, 2.75) is 26.3 Å². The van der Waals surface area contributed by atoms with Gasteiger partial charge in [-0.2, -0.15) is 0 Å². The van der Waals surface area contributed by atoms with Gasteiger partial charge >= 0.3 is 0 Å². The van der Waals surface area contributed by atoms with Gasteiger partial charge in [-0.25, -0.2) is 0 Å². The molecule has 2 aromatic rings. The first kappa shape index (κ1) is 12.3. The predicted molar refractivity (Wildman–Crippen MR) is 75.3 cm³/mol. The molecule has 0 bridgehead atoms. The van der Waals surface area contributed by atoms with Crippen molar-refractivity contribution in [2.24, 2.45) is 11.7 Å². The van der Waals surface area contributed by atoms with Gasteiger partial charge in [-0.05, 0) is 34.9 Å². The molecule has 1 heterocycles. The van der Waals surface area contributed by atoms with Gasteiger partial charge in [-0.1, -0.05) is 44.2 Å². The smallest absolute Gasteiger partial charge is 0.0645 e. The second kappa shape index (κ2) is 5.48. The topological polar surface area (TPSA) is 26.0 Å². The number of hydrogen-bond acceptors (Lipinski definition) is 2. The molecule has 0 aliphatic rings. The van der Waals surface area contributed by atoms with Gasteiger partial charge in [0, 0.05) is 4.88 Å². The van der Waals surface area contributed by atoms with Crippen LogP contribution < -0.4 is 5.73 Å². The van der Waals surface area contributed by atoms with Crippen molar-refractivity contribution in [3.8, 4) is 0 Å². The Morgan fingerprint density at radius 3 is 2.35 bits per heavy atom. The normalized spacial score (nSPS) is 12.9. The minimum atomic E-state index is 0.0168. The first-order valence-electron chi connectivity index (χ1n) is 6.04. The number of thiophene rings is 1. The predicted octanol–water partition coefficient (Wildman–Crippen LogP) is 3.99. The molecule has 1 nitrogen and oxygen atoms in total. The molecule has 2 N–H and O–H groups in total. The lowest BCUT2D eigenvalue weighted by atomic mass is 9.99. The summed E-state index contributed by atoms with van der Waals surface area (Å²) in [7, 11) is 0. The third-order valence-electron chi connectivity index (χ3n) is 2.83. The number of nitrogens with two attached hydrogens (primary N) is 1. The number of rotatable bonds is 4. The van der Waals surface area contributed by atoms with Crippen LogP contribution >= 0.6 is 11.3 Å². The van der Waals surface area contributed by atoms with Gasteiger partial charge in [0.05, 0.1) is 6.04 Å². The second-order valence-electron chi connectivity index (χ2n) is 4.83. The summed E-state index contributed by atoms with van der Waals surface area (Å²) in [6.45, 7) is 4.48. The van der Waals surface area contributed by atoms with E-state index in [-0.39, 0.29) is 6.04 Å². The Hall–Kier alpha value is -1.12. The van der Waals surface area contributed by atoms with Gasteiger partial charge in [-0.15, -0.1) is 11.3 Å². The summed E-state index contributed by atoms with van der Waals surface area (Å²) in [6, 6.07) is 12.9. The molecule has 0 amide bonds. The molecule has 0 aliphatic carbocycles. The third-order valence-corrected chi connectivity index (χ3v) is 3.79. The van der Waals surface area contributed by atoms with E-state index in [1.54, 1.807) is 11.3 Å². The van der Waals surface area contributed by atoms with Crippen LogP contribution in [0.25, 0.3) is 0 Å². The zero-order valence-corrected chi connectivity index (χ0v) is 11.2. The Morgan fingerprint density at radius 2 is 1.82 bits per heavy atom. The maximum Gasteiger partial charge on any atom is 0.0645 e. The summed E-state index contributed by atoms with van der Waals surface area (Å²) in [5.41, 5.74) is 8.81. The van der Waals surface area contributed by atoms with Crippen molar-refractivity contribution >= 4 is 11.3 Å². The summed E-state index contributed by atoms with van der Waals surface area (Å²) in [5.74, 6) is 0.701. The van der Waals surface area contributed by atoms with Crippen LogP contribution in [0.3, 0.4) is 0 Å². The first-order chi connectivity index (χ1) is 8.16. The Bertz CT molecular complexity index is 442. The van der Waals surface area contributed by atoms with E-state index < -0.39 is 0 Å². The quantitative estimate of drug-likeness (QED) is 0.866. The molecule has 0 aliphatic heterocycles. The van der Waals surface area contributed by atoms with Crippen LogP contribution in [-0.4, -0.2) is 0 Å². The van der Waals surface area contributed by atoms with E-state index in [2.05, 4.69) is 49.6 Å². The standard InChI is InChI=1S/C15H19NS/c1-11(2)10-12-5-7-13(8-6-12)15(16)14-4-3-9-17-14/h3-9,11,15H,10,16H2,1-2H3/t15-/m1/s1. The van der Waals surface area contributed by atoms with Gasteiger partial charge < -0.3 is 5.73 Å². The van der Waals surface area contributed by atoms with Crippen molar-refractivity contribution in [1.82, 2.24) is 0 Å². The van der Waals surface area contributed by atoms with Crippen LogP contribution in [0.4, 0.5) is 0 Å². The maximum atomic E-state index is 6.22. The molecular weight excluding hydrogens is 226 g/mol. The zero-order chi connectivity index (χ0) is 12.3. The lowest BCUT2D eigenvalue weighted by Gasteiger charge is -2.11. The maximum absolute atomic E-state index is 6.22. The molecule has 0 fully saturated rings. The highest BCUT2D eigenvalue weighted by Crippen LogP contribution is 2.24. The fourth-order valence-electron chi connectivity index (χ4n) is 1.96. The summed E-state index contributed by atoms with van der Waals surface area (Å²) in [5, 5.41) is 2.07. The Balaban J connectivity index is 2.12. The van der Waals surface area contributed by atoms with E-state index in [9.17, 15) is 0 Å². The number of hydrogen-bond donors (Lipinski definition) is 1. The Labute approximate surface area is 107 Å². The molecule has 2 heteroatoms. The van der Waals surface area contributed by atoms with Crippen molar-refractivity contribution in [3.63, 3.8) is 0 Å². The van der Waals surface area contributed by atoms with Gasteiger partial charge in [0.25, 0.3) is 0 Å². The zero-order valence-electron chi connectivity index (χ0n) is 10.4. The van der Waals surface area contributed by atoms with E-state index in [1.807, 2.05) is 6.07 Å². The van der Waals surface area contributed by atoms with E-state index in [4.69, 9.17) is 5.73 Å². The van der Waals surface area contributed by atoms with Crippen LogP contribution in [0.2, 0.25) is 0 Å². The molecule has 0 radical (unpaired) electrons. The largest absolute Gasteiger partial charge is 0.320 e. The molecule has 1 atom stereocenters. The monoisotopic (exact) mass is 245 g/mol. The molecule has 0 saturated heterocycles. The summed E-state index contributed by atoms with van der Waals surface area (Å²) in [6.07, 6.45) is 1.13. The molecule has 1 aromatic heterocycles. The van der Waals surface area contributed by atoms with Gasteiger partial charge in [-0.3, -0.25) is 0 Å². The van der Waals surface area contributed by atoms with Crippen molar-refractivity contribution < 1.29 is 0 Å².